The molecular formula is C23H23N5OS. The number of thioether (sulfide) groups is 1. The second-order valence-electron chi connectivity index (χ2n) is 7.17. The van der Waals surface area contributed by atoms with Crippen LogP contribution in [0.2, 0.25) is 0 Å². The van der Waals surface area contributed by atoms with E-state index >= 15 is 0 Å². The van der Waals surface area contributed by atoms with E-state index < -0.39 is 0 Å². The first kappa shape index (κ1) is 20.1. The fraction of sp³-hybridized carbons (Fsp3) is 0.217. The predicted molar refractivity (Wildman–Crippen MR) is 123 cm³/mol. The van der Waals surface area contributed by atoms with Crippen molar-refractivity contribution in [2.45, 2.75) is 31.8 Å². The number of ether oxygens (including phenoxy) is 1. The molecule has 6 nitrogen and oxygen atoms in total. The van der Waals surface area contributed by atoms with Crippen LogP contribution in [0.15, 0.2) is 63.9 Å². The number of benzene rings is 2. The van der Waals surface area contributed by atoms with Crippen molar-refractivity contribution in [3.8, 4) is 11.6 Å². The van der Waals surface area contributed by atoms with Crippen LogP contribution in [0.1, 0.15) is 28.7 Å². The smallest absolute Gasteiger partial charge is 0.225 e. The minimum absolute atomic E-state index is 0.384. The Bertz CT molecular complexity index is 1140. The van der Waals surface area contributed by atoms with E-state index in [2.05, 4.69) is 52.2 Å². The van der Waals surface area contributed by atoms with Gasteiger partial charge in [-0.15, -0.1) is 0 Å². The molecule has 0 fully saturated rings. The summed E-state index contributed by atoms with van der Waals surface area (Å²) in [7, 11) is 0. The highest BCUT2D eigenvalue weighted by Gasteiger charge is 2.16. The molecule has 7 heteroatoms. The second-order valence-corrected chi connectivity index (χ2v) is 7.94. The van der Waals surface area contributed by atoms with Crippen LogP contribution in [0.3, 0.4) is 0 Å². The Labute approximate surface area is 180 Å². The van der Waals surface area contributed by atoms with Crippen LogP contribution in [0.4, 0.5) is 5.82 Å². The van der Waals surface area contributed by atoms with Gasteiger partial charge >= 0.3 is 0 Å². The number of rotatable bonds is 6. The van der Waals surface area contributed by atoms with Gasteiger partial charge in [-0.1, -0.05) is 30.0 Å². The van der Waals surface area contributed by atoms with Crippen LogP contribution < -0.4 is 10.5 Å². The van der Waals surface area contributed by atoms with Crippen LogP contribution in [0, 0.1) is 13.8 Å². The molecule has 1 aliphatic heterocycles. The molecule has 2 heterocycles. The normalized spacial score (nSPS) is 13.2. The van der Waals surface area contributed by atoms with Gasteiger partial charge < -0.3 is 10.5 Å². The molecular weight excluding hydrogens is 394 g/mol. The number of nitrogen functional groups attached to an aromatic ring is 1. The topological polar surface area (TPSA) is 85.8 Å². The number of hydrogen-bond acceptors (Lipinski definition) is 7. The molecule has 0 radical (unpaired) electrons. The Morgan fingerprint density at radius 1 is 1.03 bits per heavy atom. The van der Waals surface area contributed by atoms with Gasteiger partial charge in [0, 0.05) is 18.9 Å². The maximum absolute atomic E-state index is 5.83. The lowest BCUT2D eigenvalue weighted by molar-refractivity contribution is 0.456. The van der Waals surface area contributed by atoms with E-state index in [4.69, 9.17) is 10.5 Å². The summed E-state index contributed by atoms with van der Waals surface area (Å²) in [6.45, 7) is 4.30. The summed E-state index contributed by atoms with van der Waals surface area (Å²) in [4.78, 5) is 8.45. The van der Waals surface area contributed by atoms with Crippen molar-refractivity contribution in [3.63, 3.8) is 0 Å². The van der Waals surface area contributed by atoms with Crippen molar-refractivity contribution in [1.82, 2.24) is 9.97 Å². The molecule has 0 bridgehead atoms. The van der Waals surface area contributed by atoms with E-state index in [1.165, 1.54) is 28.5 Å². The zero-order valence-corrected chi connectivity index (χ0v) is 18.0. The molecule has 0 spiro atoms. The molecule has 2 N–H and O–H groups in total. The van der Waals surface area contributed by atoms with Gasteiger partial charge in [0.1, 0.15) is 11.6 Å². The number of aryl methyl sites for hydroxylation is 1. The van der Waals surface area contributed by atoms with Crippen LogP contribution in [0.25, 0.3) is 0 Å². The molecule has 0 amide bonds. The average molecular weight is 418 g/mol. The number of aromatic nitrogens is 2. The summed E-state index contributed by atoms with van der Waals surface area (Å²) in [6.07, 6.45) is 3.48. The summed E-state index contributed by atoms with van der Waals surface area (Å²) in [5.74, 6) is 1.49. The van der Waals surface area contributed by atoms with E-state index in [0.717, 1.165) is 29.8 Å². The van der Waals surface area contributed by atoms with E-state index in [0.29, 0.717) is 22.6 Å². The van der Waals surface area contributed by atoms with Crippen molar-refractivity contribution in [1.29, 1.82) is 0 Å². The zero-order chi connectivity index (χ0) is 21.1. The third-order valence-corrected chi connectivity index (χ3v) is 5.64. The van der Waals surface area contributed by atoms with Crippen molar-refractivity contribution >= 4 is 29.0 Å². The number of hydrogen-bond donors (Lipinski definition) is 1. The molecule has 152 valence electrons. The summed E-state index contributed by atoms with van der Waals surface area (Å²) < 4.78 is 5.83. The number of anilines is 1. The molecule has 0 saturated carbocycles. The van der Waals surface area contributed by atoms with E-state index in [9.17, 15) is 0 Å². The Kier molecular flexibility index (Phi) is 5.81. The van der Waals surface area contributed by atoms with Gasteiger partial charge in [0.05, 0.1) is 11.4 Å². The lowest BCUT2D eigenvalue weighted by Gasteiger charge is -2.09. The maximum Gasteiger partial charge on any atom is 0.225 e. The maximum atomic E-state index is 5.83. The lowest BCUT2D eigenvalue weighted by atomic mass is 9.96. The van der Waals surface area contributed by atoms with Crippen LogP contribution in [-0.4, -0.2) is 27.6 Å². The highest BCUT2D eigenvalue weighted by molar-refractivity contribution is 7.98. The standard InChI is InChI=1S/C23H23N5OS/c1-14-5-4-6-17(15(14)2)11-18-12-20(28-27-18)16-7-9-19(10-8-16)29-22-13-21(24)25-23(26-22)30-3/h4-10,13H,11-12H2,1-3H3,(H2,24,25,26). The van der Waals surface area contributed by atoms with Crippen molar-refractivity contribution in [3.05, 3.63) is 70.8 Å². The fourth-order valence-electron chi connectivity index (χ4n) is 3.28. The van der Waals surface area contributed by atoms with Gasteiger partial charge in [-0.25, -0.2) is 4.98 Å². The quantitative estimate of drug-likeness (QED) is 0.451. The predicted octanol–water partition coefficient (Wildman–Crippen LogP) is 4.98. The lowest BCUT2D eigenvalue weighted by Crippen LogP contribution is -2.08. The first-order chi connectivity index (χ1) is 14.5. The monoisotopic (exact) mass is 417 g/mol. The summed E-state index contributed by atoms with van der Waals surface area (Å²) in [5.41, 5.74) is 12.8. The summed E-state index contributed by atoms with van der Waals surface area (Å²) in [6, 6.07) is 15.8. The van der Waals surface area contributed by atoms with Gasteiger partial charge in [0.25, 0.3) is 0 Å². The van der Waals surface area contributed by atoms with E-state index in [1.54, 1.807) is 6.07 Å². The number of nitrogens with zero attached hydrogens (tertiary/aromatic N) is 4. The molecule has 0 unspecified atom stereocenters. The van der Waals surface area contributed by atoms with Crippen LogP contribution in [0.5, 0.6) is 11.6 Å². The largest absolute Gasteiger partial charge is 0.439 e. The minimum atomic E-state index is 0.384. The summed E-state index contributed by atoms with van der Waals surface area (Å²) >= 11 is 1.42. The minimum Gasteiger partial charge on any atom is -0.439 e. The first-order valence-corrected chi connectivity index (χ1v) is 10.9. The van der Waals surface area contributed by atoms with Gasteiger partial charge in [-0.05, 0) is 66.6 Å². The molecule has 4 rings (SSSR count). The Hall–Kier alpha value is -3.19. The van der Waals surface area contributed by atoms with Gasteiger partial charge in [0.15, 0.2) is 5.16 Å². The second kappa shape index (κ2) is 8.67. The average Bonchev–Trinajstić information content (AvgIpc) is 3.20. The van der Waals surface area contributed by atoms with Gasteiger partial charge in [-0.3, -0.25) is 0 Å². The van der Waals surface area contributed by atoms with Crippen molar-refractivity contribution < 1.29 is 4.74 Å². The molecule has 2 aromatic carbocycles. The van der Waals surface area contributed by atoms with E-state index in [-0.39, 0.29) is 0 Å². The van der Waals surface area contributed by atoms with Gasteiger partial charge in [-0.2, -0.15) is 15.2 Å². The molecule has 1 aliphatic rings. The zero-order valence-electron chi connectivity index (χ0n) is 17.2. The van der Waals surface area contributed by atoms with E-state index in [1.807, 2.05) is 30.5 Å². The molecule has 0 atom stereocenters. The Balaban J connectivity index is 1.40. The molecule has 0 saturated heterocycles. The van der Waals surface area contributed by atoms with Crippen molar-refractivity contribution in [2.24, 2.45) is 10.2 Å². The van der Waals surface area contributed by atoms with Crippen LogP contribution >= 0.6 is 11.8 Å². The highest BCUT2D eigenvalue weighted by Crippen LogP contribution is 2.25. The Morgan fingerprint density at radius 2 is 1.83 bits per heavy atom. The number of nitrogens with two attached hydrogens (primary N) is 1. The molecule has 1 aromatic heterocycles. The molecule has 3 aromatic rings. The molecule has 30 heavy (non-hydrogen) atoms. The van der Waals surface area contributed by atoms with Crippen LogP contribution in [-0.2, 0) is 6.42 Å². The fourth-order valence-corrected chi connectivity index (χ4v) is 3.65. The SMILES string of the molecule is CSc1nc(N)cc(Oc2ccc(C3=NN=C(Cc4cccc(C)c4C)C3)cc2)n1. The Morgan fingerprint density at radius 3 is 2.60 bits per heavy atom. The first-order valence-electron chi connectivity index (χ1n) is 9.66. The highest BCUT2D eigenvalue weighted by atomic mass is 32.2. The third-order valence-electron chi connectivity index (χ3n) is 5.09. The third kappa shape index (κ3) is 4.52. The molecule has 0 aliphatic carbocycles. The summed E-state index contributed by atoms with van der Waals surface area (Å²) in [5, 5.41) is 9.41. The van der Waals surface area contributed by atoms with Gasteiger partial charge in [0.2, 0.25) is 5.88 Å². The van der Waals surface area contributed by atoms with Crippen molar-refractivity contribution in [2.75, 3.05) is 12.0 Å².